The number of β-lactam (4-membered cyclic amide) rings is 1. The van der Waals surface area contributed by atoms with Gasteiger partial charge >= 0.3 is 11.9 Å². The monoisotopic (exact) mass is 611 g/mol. The van der Waals surface area contributed by atoms with E-state index in [1.54, 1.807) is 12.1 Å². The molecule has 3 atom stereocenters. The number of rotatable bonds is 7. The summed E-state index contributed by atoms with van der Waals surface area (Å²) >= 11 is 2.30. The third-order valence-electron chi connectivity index (χ3n) is 5.77. The van der Waals surface area contributed by atoms with Gasteiger partial charge in [0.15, 0.2) is 10.8 Å². The number of nitrogen functional groups attached to an aromatic ring is 1. The minimum atomic E-state index is -4.02. The van der Waals surface area contributed by atoms with Gasteiger partial charge in [-0.1, -0.05) is 28.9 Å². The number of thioether (sulfide) groups is 1. The van der Waals surface area contributed by atoms with Crippen LogP contribution in [0.15, 0.2) is 52.4 Å². The van der Waals surface area contributed by atoms with E-state index in [1.165, 1.54) is 40.3 Å². The lowest BCUT2D eigenvalue weighted by Crippen LogP contribution is -2.73. The van der Waals surface area contributed by atoms with Crippen LogP contribution in [-0.2, 0) is 34.1 Å². The van der Waals surface area contributed by atoms with Crippen LogP contribution in [0.5, 0.6) is 0 Å². The molecule has 0 aliphatic carbocycles. The summed E-state index contributed by atoms with van der Waals surface area (Å²) in [4.78, 5) is 57.6. The molecule has 0 bridgehead atoms. The molecule has 1 aromatic carbocycles. The number of hydrogen-bond donors (Lipinski definition) is 4. The molecule has 2 aliphatic heterocycles. The van der Waals surface area contributed by atoms with Crippen molar-refractivity contribution in [3.63, 3.8) is 0 Å². The number of carbonyl (C=O) groups excluding carboxylic acids is 3. The van der Waals surface area contributed by atoms with Gasteiger partial charge in [-0.2, -0.15) is 8.42 Å². The number of nitrogens with zero attached hydrogens (tertiary/aromatic N) is 3. The number of amides is 2. The molecule has 2 aromatic rings. The second-order valence-electron chi connectivity index (χ2n) is 8.67. The van der Waals surface area contributed by atoms with E-state index in [1.807, 2.05) is 6.92 Å². The van der Waals surface area contributed by atoms with Gasteiger partial charge in [0.05, 0.1) is 4.90 Å². The molecule has 4 rings (SSSR count). The van der Waals surface area contributed by atoms with Gasteiger partial charge in [-0.25, -0.2) is 9.78 Å². The summed E-state index contributed by atoms with van der Waals surface area (Å²) < 4.78 is 29.6. The number of nitrogens with two attached hydrogens (primary N) is 1. The molecule has 5 N–H and O–H groups in total. The van der Waals surface area contributed by atoms with Crippen LogP contribution in [0.25, 0.3) is 0 Å². The largest absolute Gasteiger partial charge is 0.481 e. The minimum absolute atomic E-state index is 0.0221. The lowest BCUT2D eigenvalue weighted by atomic mass is 9.87. The van der Waals surface area contributed by atoms with E-state index in [0.29, 0.717) is 0 Å². The van der Waals surface area contributed by atoms with E-state index >= 15 is 0 Å². The number of hydrogen-bond acceptors (Lipinski definition) is 12. The van der Waals surface area contributed by atoms with Crippen LogP contribution >= 0.6 is 23.1 Å². The molecule has 17 heteroatoms. The SMILES string of the molecule is C=CC1(C(=O)O)CS[C@@H]2C(NC(=O)C(=NOC(C)=O)c3csc(N)n3)C(=O)N2C1.Cc1ccc(S(=O)(=O)O)cc1. The van der Waals surface area contributed by atoms with Gasteiger partial charge < -0.3 is 25.9 Å². The maximum atomic E-state index is 12.7. The van der Waals surface area contributed by atoms with Gasteiger partial charge in [0, 0.05) is 24.6 Å². The highest BCUT2D eigenvalue weighted by atomic mass is 32.2. The topological polar surface area (TPSA) is 219 Å². The number of thiazole rings is 1. The van der Waals surface area contributed by atoms with Crippen LogP contribution in [0.1, 0.15) is 18.2 Å². The van der Waals surface area contributed by atoms with Crippen LogP contribution in [-0.4, -0.2) is 81.1 Å². The molecule has 3 heterocycles. The van der Waals surface area contributed by atoms with Gasteiger partial charge in [-0.15, -0.1) is 29.7 Å². The Morgan fingerprint density at radius 1 is 1.32 bits per heavy atom. The predicted molar refractivity (Wildman–Crippen MR) is 146 cm³/mol. The number of aryl methyl sites for hydroxylation is 1. The summed E-state index contributed by atoms with van der Waals surface area (Å²) in [5.74, 6) is -2.78. The second kappa shape index (κ2) is 12.2. The molecule has 40 heavy (non-hydrogen) atoms. The zero-order chi connectivity index (χ0) is 29.8. The summed E-state index contributed by atoms with van der Waals surface area (Å²) in [6.45, 7) is 6.51. The summed E-state index contributed by atoms with van der Waals surface area (Å²) in [7, 11) is -4.02. The maximum absolute atomic E-state index is 12.7. The number of aromatic nitrogens is 1. The second-order valence-corrected chi connectivity index (χ2v) is 12.1. The molecule has 2 unspecified atom stereocenters. The number of carbonyl (C=O) groups is 4. The fraction of sp³-hybridized carbons (Fsp3) is 0.304. The minimum Gasteiger partial charge on any atom is -0.481 e. The highest BCUT2D eigenvalue weighted by Crippen LogP contribution is 2.42. The first-order valence-corrected chi connectivity index (χ1v) is 14.7. The van der Waals surface area contributed by atoms with Crippen molar-refractivity contribution in [2.45, 2.75) is 30.2 Å². The average molecular weight is 612 g/mol. The molecule has 2 aliphatic rings. The van der Waals surface area contributed by atoms with Crippen LogP contribution in [0.4, 0.5) is 5.13 Å². The van der Waals surface area contributed by atoms with Crippen molar-refractivity contribution in [3.8, 4) is 0 Å². The van der Waals surface area contributed by atoms with Gasteiger partial charge in [-0.3, -0.25) is 18.9 Å². The van der Waals surface area contributed by atoms with E-state index in [9.17, 15) is 32.7 Å². The first-order chi connectivity index (χ1) is 18.7. The highest BCUT2D eigenvalue weighted by Gasteiger charge is 2.56. The van der Waals surface area contributed by atoms with E-state index in [4.69, 9.17) is 10.3 Å². The number of oxime groups is 1. The Morgan fingerprint density at radius 3 is 2.48 bits per heavy atom. The number of benzene rings is 1. The summed E-state index contributed by atoms with van der Waals surface area (Å²) in [5.41, 5.74) is 5.10. The van der Waals surface area contributed by atoms with E-state index in [2.05, 4.69) is 26.9 Å². The molecular weight excluding hydrogens is 586 g/mol. The standard InChI is InChI=1S/C16H17N5O6S2.C7H8O3S/c1-3-16(14(25)26)5-21-12(24)10(13(21)29-6-16)19-11(23)9(20-27-7(2)22)8-4-28-15(17)18-8;1-6-2-4-7(5-3-6)11(8,9)10/h3-4,10,13H,1,5-6H2,2H3,(H2,17,18)(H,19,23)(H,25,26);2-5H,1H3,(H,8,9,10)/t10?,13-,16?;/m1./s1. The van der Waals surface area contributed by atoms with Crippen LogP contribution in [0, 0.1) is 12.3 Å². The van der Waals surface area contributed by atoms with Crippen molar-refractivity contribution in [1.29, 1.82) is 0 Å². The van der Waals surface area contributed by atoms with Gasteiger partial charge in [0.25, 0.3) is 16.0 Å². The number of aliphatic carboxylic acids is 1. The highest BCUT2D eigenvalue weighted by molar-refractivity contribution is 8.00. The van der Waals surface area contributed by atoms with Gasteiger partial charge in [0.2, 0.25) is 5.91 Å². The van der Waals surface area contributed by atoms with Crippen molar-refractivity contribution in [3.05, 3.63) is 53.6 Å². The van der Waals surface area contributed by atoms with Crippen LogP contribution in [0.2, 0.25) is 0 Å². The summed E-state index contributed by atoms with van der Waals surface area (Å²) in [6.07, 6.45) is 1.33. The van der Waals surface area contributed by atoms with Gasteiger partial charge in [0.1, 0.15) is 22.5 Å². The quantitative estimate of drug-likeness (QED) is 0.0857. The Kier molecular flexibility index (Phi) is 9.34. The van der Waals surface area contributed by atoms with Gasteiger partial charge in [-0.05, 0) is 19.1 Å². The Labute approximate surface area is 237 Å². The number of fused-ring (bicyclic) bond motifs is 1. The number of anilines is 1. The van der Waals surface area contributed by atoms with Crippen molar-refractivity contribution in [1.82, 2.24) is 15.2 Å². The first-order valence-electron chi connectivity index (χ1n) is 11.3. The normalized spacial score (nSPS) is 22.1. The third-order valence-corrected chi connectivity index (χ3v) is 8.86. The third kappa shape index (κ3) is 6.85. The number of carboxylic acids is 1. The smallest absolute Gasteiger partial charge is 0.332 e. The zero-order valence-electron chi connectivity index (χ0n) is 21.1. The molecule has 0 radical (unpaired) electrons. The molecule has 2 fully saturated rings. The Balaban J connectivity index is 0.000000336. The average Bonchev–Trinajstić information content (AvgIpc) is 3.32. The number of nitrogens with one attached hydrogen (secondary N) is 1. The van der Waals surface area contributed by atoms with Crippen LogP contribution in [0.3, 0.4) is 0 Å². The lowest BCUT2D eigenvalue weighted by Gasteiger charge is -2.53. The molecule has 214 valence electrons. The number of carboxylic acid groups (broad SMARTS) is 1. The molecule has 0 saturated carbocycles. The summed E-state index contributed by atoms with van der Waals surface area (Å²) in [6, 6.07) is 5.12. The van der Waals surface area contributed by atoms with E-state index in [-0.39, 0.29) is 33.7 Å². The molecule has 0 spiro atoms. The fourth-order valence-corrected chi connectivity index (χ4v) is 6.13. The molecule has 14 nitrogen and oxygen atoms in total. The lowest BCUT2D eigenvalue weighted by molar-refractivity contribution is -0.156. The summed E-state index contributed by atoms with van der Waals surface area (Å²) in [5, 5.41) is 16.8. The molecule has 1 aromatic heterocycles. The molecule has 2 saturated heterocycles. The Bertz CT molecular complexity index is 1470. The Hall–Kier alpha value is -3.80. The van der Waals surface area contributed by atoms with Crippen molar-refractivity contribution < 1.29 is 42.1 Å². The molecule has 2 amide bonds. The maximum Gasteiger partial charge on any atom is 0.332 e. The van der Waals surface area contributed by atoms with Crippen molar-refractivity contribution in [2.24, 2.45) is 10.6 Å². The predicted octanol–water partition coefficient (Wildman–Crippen LogP) is 0.891. The van der Waals surface area contributed by atoms with Crippen LogP contribution < -0.4 is 11.1 Å². The fourth-order valence-electron chi connectivity index (χ4n) is 3.57. The molecular formula is C23H25N5O9S3. The van der Waals surface area contributed by atoms with Crippen molar-refractivity contribution >= 4 is 67.8 Å². The van der Waals surface area contributed by atoms with E-state index in [0.717, 1.165) is 23.8 Å². The van der Waals surface area contributed by atoms with Crippen molar-refractivity contribution in [2.75, 3.05) is 18.0 Å². The first kappa shape index (κ1) is 30.7. The Morgan fingerprint density at radius 2 is 1.98 bits per heavy atom. The van der Waals surface area contributed by atoms with E-state index < -0.39 is 50.7 Å². The zero-order valence-corrected chi connectivity index (χ0v) is 23.6.